The quantitative estimate of drug-likeness (QED) is 0.695. The van der Waals surface area contributed by atoms with Gasteiger partial charge >= 0.3 is 0 Å². The molecule has 25 heavy (non-hydrogen) atoms. The zero-order valence-electron chi connectivity index (χ0n) is 13.7. The van der Waals surface area contributed by atoms with Gasteiger partial charge in [-0.15, -0.1) is 5.10 Å². The number of aromatic nitrogens is 3. The summed E-state index contributed by atoms with van der Waals surface area (Å²) in [5.41, 5.74) is 1.83. The van der Waals surface area contributed by atoms with Crippen LogP contribution in [0.5, 0.6) is 0 Å². The first-order valence-electron chi connectivity index (χ1n) is 8.21. The van der Waals surface area contributed by atoms with Gasteiger partial charge in [0.05, 0.1) is 11.7 Å². The number of hydrogen-bond acceptors (Lipinski definition) is 4. The molecule has 1 unspecified atom stereocenters. The lowest BCUT2D eigenvalue weighted by Crippen LogP contribution is -2.29. The Kier molecular flexibility index (Phi) is 5.53. The number of nitrogens with zero attached hydrogens (tertiary/aromatic N) is 3. The zero-order valence-corrected chi connectivity index (χ0v) is 13.7. The van der Waals surface area contributed by atoms with E-state index in [1.807, 2.05) is 60.7 Å². The molecule has 1 atom stereocenters. The molecule has 1 heterocycles. The summed E-state index contributed by atoms with van der Waals surface area (Å²) in [4.78, 5) is 16.6. The summed E-state index contributed by atoms with van der Waals surface area (Å²) in [5, 5.41) is 16.3. The van der Waals surface area contributed by atoms with Gasteiger partial charge in [0.2, 0.25) is 5.82 Å². The van der Waals surface area contributed by atoms with Gasteiger partial charge in [-0.1, -0.05) is 48.5 Å². The molecular formula is C19H20N4O2. The van der Waals surface area contributed by atoms with Gasteiger partial charge in [0, 0.05) is 6.61 Å². The molecule has 0 saturated heterocycles. The maximum absolute atomic E-state index is 12.5. The fraction of sp³-hybridized carbons (Fsp3) is 0.211. The predicted octanol–water partition coefficient (Wildman–Crippen LogP) is 2.51. The van der Waals surface area contributed by atoms with Crippen molar-refractivity contribution in [3.63, 3.8) is 0 Å². The van der Waals surface area contributed by atoms with Crippen LogP contribution in [-0.4, -0.2) is 32.4 Å². The highest BCUT2D eigenvalue weighted by Gasteiger charge is 2.18. The summed E-state index contributed by atoms with van der Waals surface area (Å²) in [6.07, 6.45) is 2.77. The van der Waals surface area contributed by atoms with Gasteiger partial charge in [-0.25, -0.2) is 9.67 Å². The Bertz CT molecular complexity index is 803. The van der Waals surface area contributed by atoms with Crippen molar-refractivity contribution in [1.82, 2.24) is 20.1 Å². The fourth-order valence-corrected chi connectivity index (χ4v) is 2.60. The number of carbonyl (C=O) groups is 1. The molecule has 128 valence electrons. The zero-order chi connectivity index (χ0) is 17.5. The van der Waals surface area contributed by atoms with E-state index in [0.29, 0.717) is 12.8 Å². The minimum atomic E-state index is -0.332. The Morgan fingerprint density at radius 2 is 1.76 bits per heavy atom. The van der Waals surface area contributed by atoms with E-state index in [0.717, 1.165) is 11.3 Å². The summed E-state index contributed by atoms with van der Waals surface area (Å²) in [7, 11) is 0. The van der Waals surface area contributed by atoms with Crippen LogP contribution in [-0.2, 0) is 0 Å². The standard InChI is InChI=1S/C19H20N4O2/c24-13-7-12-17(15-8-3-1-4-9-15)21-19(25)18-20-14-23(22-18)16-10-5-2-6-11-16/h1-6,8-11,14,17,24H,7,12-13H2,(H,21,25). The maximum Gasteiger partial charge on any atom is 0.291 e. The van der Waals surface area contributed by atoms with Gasteiger partial charge in [-0.3, -0.25) is 4.79 Å². The smallest absolute Gasteiger partial charge is 0.291 e. The molecular weight excluding hydrogens is 316 g/mol. The van der Waals surface area contributed by atoms with Crippen LogP contribution in [0, 0.1) is 0 Å². The number of nitrogens with one attached hydrogen (secondary N) is 1. The average molecular weight is 336 g/mol. The summed E-state index contributed by atoms with van der Waals surface area (Å²) in [6, 6.07) is 19.0. The predicted molar refractivity (Wildman–Crippen MR) is 94.3 cm³/mol. The number of hydrogen-bond donors (Lipinski definition) is 2. The van der Waals surface area contributed by atoms with Crippen molar-refractivity contribution < 1.29 is 9.90 Å². The largest absolute Gasteiger partial charge is 0.396 e. The lowest BCUT2D eigenvalue weighted by molar-refractivity contribution is 0.0922. The summed E-state index contributed by atoms with van der Waals surface area (Å²) in [6.45, 7) is 0.0834. The van der Waals surface area contributed by atoms with E-state index in [-0.39, 0.29) is 24.4 Å². The molecule has 0 spiro atoms. The van der Waals surface area contributed by atoms with Crippen LogP contribution in [0.1, 0.15) is 35.1 Å². The molecule has 0 aliphatic heterocycles. The monoisotopic (exact) mass is 336 g/mol. The van der Waals surface area contributed by atoms with Gasteiger partial charge in [0.1, 0.15) is 6.33 Å². The molecule has 6 nitrogen and oxygen atoms in total. The lowest BCUT2D eigenvalue weighted by atomic mass is 10.0. The minimum absolute atomic E-state index is 0.0834. The van der Waals surface area contributed by atoms with E-state index < -0.39 is 0 Å². The average Bonchev–Trinajstić information content (AvgIpc) is 3.17. The van der Waals surface area contributed by atoms with Gasteiger partial charge in [-0.05, 0) is 30.5 Å². The molecule has 3 rings (SSSR count). The number of aliphatic hydroxyl groups is 1. The van der Waals surface area contributed by atoms with E-state index in [2.05, 4.69) is 15.4 Å². The molecule has 0 bridgehead atoms. The van der Waals surface area contributed by atoms with Crippen molar-refractivity contribution in [2.24, 2.45) is 0 Å². The molecule has 2 N–H and O–H groups in total. The summed E-state index contributed by atoms with van der Waals surface area (Å²) in [5.74, 6) is -0.213. The molecule has 0 radical (unpaired) electrons. The van der Waals surface area contributed by atoms with E-state index in [1.165, 1.54) is 6.33 Å². The molecule has 3 aromatic rings. The first kappa shape index (κ1) is 16.9. The molecule has 6 heteroatoms. The van der Waals surface area contributed by atoms with Crippen molar-refractivity contribution in [3.05, 3.63) is 78.4 Å². The van der Waals surface area contributed by atoms with Crippen LogP contribution in [0.15, 0.2) is 67.0 Å². The normalized spacial score (nSPS) is 11.9. The number of para-hydroxylation sites is 1. The lowest BCUT2D eigenvalue weighted by Gasteiger charge is -2.18. The van der Waals surface area contributed by atoms with E-state index >= 15 is 0 Å². The van der Waals surface area contributed by atoms with Crippen molar-refractivity contribution in [1.29, 1.82) is 0 Å². The molecule has 2 aromatic carbocycles. The summed E-state index contributed by atoms with van der Waals surface area (Å²) < 4.78 is 1.57. The van der Waals surface area contributed by atoms with Crippen LogP contribution in [0.3, 0.4) is 0 Å². The van der Waals surface area contributed by atoms with E-state index in [9.17, 15) is 4.79 Å². The highest BCUT2D eigenvalue weighted by molar-refractivity contribution is 5.90. The Balaban J connectivity index is 1.74. The second-order valence-corrected chi connectivity index (χ2v) is 5.65. The van der Waals surface area contributed by atoms with Gasteiger partial charge in [0.25, 0.3) is 5.91 Å². The maximum atomic E-state index is 12.5. The Morgan fingerprint density at radius 1 is 1.08 bits per heavy atom. The van der Waals surface area contributed by atoms with Crippen molar-refractivity contribution >= 4 is 5.91 Å². The molecule has 0 aliphatic carbocycles. The number of benzene rings is 2. The molecule has 1 aromatic heterocycles. The molecule has 0 aliphatic rings. The number of carbonyl (C=O) groups excluding carboxylic acids is 1. The number of amides is 1. The Hall–Kier alpha value is -2.99. The first-order chi connectivity index (χ1) is 12.3. The van der Waals surface area contributed by atoms with Crippen LogP contribution in [0.25, 0.3) is 5.69 Å². The third kappa shape index (κ3) is 4.30. The minimum Gasteiger partial charge on any atom is -0.396 e. The van der Waals surface area contributed by atoms with Gasteiger partial charge < -0.3 is 10.4 Å². The molecule has 0 fully saturated rings. The van der Waals surface area contributed by atoms with Crippen LogP contribution >= 0.6 is 0 Å². The van der Waals surface area contributed by atoms with Crippen LogP contribution in [0.4, 0.5) is 0 Å². The van der Waals surface area contributed by atoms with Gasteiger partial charge in [0.15, 0.2) is 0 Å². The molecule has 1 amide bonds. The fourth-order valence-electron chi connectivity index (χ4n) is 2.60. The van der Waals surface area contributed by atoms with Gasteiger partial charge in [-0.2, -0.15) is 0 Å². The SMILES string of the molecule is O=C(NC(CCCO)c1ccccc1)c1ncn(-c2ccccc2)n1. The first-order valence-corrected chi connectivity index (χ1v) is 8.21. The summed E-state index contributed by atoms with van der Waals surface area (Å²) >= 11 is 0. The van der Waals surface area contributed by atoms with E-state index in [4.69, 9.17) is 5.11 Å². The third-order valence-corrected chi connectivity index (χ3v) is 3.87. The topological polar surface area (TPSA) is 80.0 Å². The van der Waals surface area contributed by atoms with E-state index in [1.54, 1.807) is 4.68 Å². The Labute approximate surface area is 146 Å². The third-order valence-electron chi connectivity index (χ3n) is 3.87. The highest BCUT2D eigenvalue weighted by atomic mass is 16.3. The Morgan fingerprint density at radius 3 is 2.44 bits per heavy atom. The van der Waals surface area contributed by atoms with Crippen molar-refractivity contribution in [3.8, 4) is 5.69 Å². The number of rotatable bonds is 7. The second kappa shape index (κ2) is 8.21. The second-order valence-electron chi connectivity index (χ2n) is 5.65. The van der Waals surface area contributed by atoms with Crippen LogP contribution < -0.4 is 5.32 Å². The number of aliphatic hydroxyl groups excluding tert-OH is 1. The van der Waals surface area contributed by atoms with Crippen LogP contribution in [0.2, 0.25) is 0 Å². The highest BCUT2D eigenvalue weighted by Crippen LogP contribution is 2.18. The van der Waals surface area contributed by atoms with Crippen molar-refractivity contribution in [2.45, 2.75) is 18.9 Å². The molecule has 0 saturated carbocycles. The van der Waals surface area contributed by atoms with Crippen molar-refractivity contribution in [2.75, 3.05) is 6.61 Å².